The number of nitrogens with one attached hydrogen (secondary N) is 1. The molecule has 2 heterocycles. The van der Waals surface area contributed by atoms with Crippen LogP contribution >= 0.6 is 0 Å². The molecule has 2 aromatic rings. The van der Waals surface area contributed by atoms with Gasteiger partial charge in [0, 0.05) is 38.2 Å². The smallest absolute Gasteiger partial charge is 0.128 e. The molecule has 4 heteroatoms. The number of aromatic nitrogens is 2. The van der Waals surface area contributed by atoms with E-state index in [2.05, 4.69) is 53.3 Å². The summed E-state index contributed by atoms with van der Waals surface area (Å²) in [4.78, 5) is 11.7. The predicted octanol–water partition coefficient (Wildman–Crippen LogP) is 2.42. The van der Waals surface area contributed by atoms with E-state index in [-0.39, 0.29) is 0 Å². The van der Waals surface area contributed by atoms with Gasteiger partial charge in [-0.25, -0.2) is 9.97 Å². The van der Waals surface area contributed by atoms with Gasteiger partial charge in [-0.15, -0.1) is 0 Å². The molecule has 1 aliphatic rings. The average Bonchev–Trinajstić information content (AvgIpc) is 2.55. The van der Waals surface area contributed by atoms with Gasteiger partial charge in [0.25, 0.3) is 0 Å². The van der Waals surface area contributed by atoms with Crippen molar-refractivity contribution in [2.24, 2.45) is 0 Å². The molecule has 0 unspecified atom stereocenters. The van der Waals surface area contributed by atoms with E-state index in [1.807, 2.05) is 6.20 Å². The van der Waals surface area contributed by atoms with Gasteiger partial charge in [0.15, 0.2) is 0 Å². The van der Waals surface area contributed by atoms with Crippen LogP contribution in [0.2, 0.25) is 0 Å². The Labute approximate surface area is 126 Å². The largest absolute Gasteiger partial charge is 0.366 e. The maximum Gasteiger partial charge on any atom is 0.128 e. The standard InChI is InChI=1S/C17H22N4/c1-3-16-19-12-15(21-9-7-18-8-10-21)17(20-16)14-6-4-5-13(2)11-14/h4-6,11-12,18H,3,7-10H2,1-2H3. The second kappa shape index (κ2) is 6.22. The normalized spacial score (nSPS) is 15.2. The van der Waals surface area contributed by atoms with Crippen LogP contribution < -0.4 is 10.2 Å². The Morgan fingerprint density at radius 2 is 2.05 bits per heavy atom. The van der Waals surface area contributed by atoms with Crippen LogP contribution in [-0.4, -0.2) is 36.1 Å². The van der Waals surface area contributed by atoms with Crippen molar-refractivity contribution < 1.29 is 0 Å². The quantitative estimate of drug-likeness (QED) is 0.938. The molecular formula is C17H22N4. The van der Waals surface area contributed by atoms with Crippen LogP contribution in [0.15, 0.2) is 30.5 Å². The van der Waals surface area contributed by atoms with Crippen molar-refractivity contribution in [2.45, 2.75) is 20.3 Å². The van der Waals surface area contributed by atoms with Gasteiger partial charge < -0.3 is 10.2 Å². The first kappa shape index (κ1) is 14.0. The van der Waals surface area contributed by atoms with Crippen molar-refractivity contribution in [3.05, 3.63) is 41.9 Å². The van der Waals surface area contributed by atoms with E-state index in [1.54, 1.807) is 0 Å². The van der Waals surface area contributed by atoms with Gasteiger partial charge in [-0.3, -0.25) is 0 Å². The van der Waals surface area contributed by atoms with Gasteiger partial charge in [0.05, 0.1) is 17.6 Å². The van der Waals surface area contributed by atoms with Crippen LogP contribution in [0.1, 0.15) is 18.3 Å². The van der Waals surface area contributed by atoms with Crippen molar-refractivity contribution in [1.82, 2.24) is 15.3 Å². The summed E-state index contributed by atoms with van der Waals surface area (Å²) in [6.45, 7) is 8.27. The Morgan fingerprint density at radius 1 is 1.24 bits per heavy atom. The lowest BCUT2D eigenvalue weighted by atomic mass is 10.1. The minimum Gasteiger partial charge on any atom is -0.366 e. The molecule has 110 valence electrons. The zero-order chi connectivity index (χ0) is 14.7. The molecule has 21 heavy (non-hydrogen) atoms. The molecule has 1 aromatic carbocycles. The first-order valence-corrected chi connectivity index (χ1v) is 7.66. The number of anilines is 1. The van der Waals surface area contributed by atoms with Crippen LogP contribution in [0.3, 0.4) is 0 Å². The van der Waals surface area contributed by atoms with Crippen LogP contribution in [0, 0.1) is 6.92 Å². The first-order chi connectivity index (χ1) is 10.3. The van der Waals surface area contributed by atoms with Crippen molar-refractivity contribution >= 4 is 5.69 Å². The predicted molar refractivity (Wildman–Crippen MR) is 86.7 cm³/mol. The fraction of sp³-hybridized carbons (Fsp3) is 0.412. The summed E-state index contributed by atoms with van der Waals surface area (Å²) in [5.74, 6) is 0.908. The highest BCUT2D eigenvalue weighted by Crippen LogP contribution is 2.29. The number of benzene rings is 1. The number of rotatable bonds is 3. The first-order valence-electron chi connectivity index (χ1n) is 7.66. The Kier molecular flexibility index (Phi) is 4.15. The Balaban J connectivity index is 2.06. The molecular weight excluding hydrogens is 260 g/mol. The summed E-state index contributed by atoms with van der Waals surface area (Å²) < 4.78 is 0. The highest BCUT2D eigenvalue weighted by molar-refractivity contribution is 5.75. The fourth-order valence-electron chi connectivity index (χ4n) is 2.72. The topological polar surface area (TPSA) is 41.1 Å². The van der Waals surface area contributed by atoms with Crippen LogP contribution in [0.5, 0.6) is 0 Å². The third-order valence-electron chi connectivity index (χ3n) is 3.88. The van der Waals surface area contributed by atoms with Gasteiger partial charge in [-0.05, 0) is 13.0 Å². The molecule has 1 N–H and O–H groups in total. The van der Waals surface area contributed by atoms with Crippen molar-refractivity contribution in [1.29, 1.82) is 0 Å². The molecule has 1 aromatic heterocycles. The highest BCUT2D eigenvalue weighted by Gasteiger charge is 2.17. The zero-order valence-corrected chi connectivity index (χ0v) is 12.8. The molecule has 0 atom stereocenters. The van der Waals surface area contributed by atoms with Gasteiger partial charge in [-0.2, -0.15) is 0 Å². The molecule has 4 nitrogen and oxygen atoms in total. The monoisotopic (exact) mass is 282 g/mol. The SMILES string of the molecule is CCc1ncc(N2CCNCC2)c(-c2cccc(C)c2)n1. The second-order valence-electron chi connectivity index (χ2n) is 5.48. The molecule has 0 bridgehead atoms. The minimum atomic E-state index is 0.862. The Morgan fingerprint density at radius 3 is 2.76 bits per heavy atom. The zero-order valence-electron chi connectivity index (χ0n) is 12.8. The van der Waals surface area contributed by atoms with E-state index in [0.717, 1.165) is 49.8 Å². The number of piperazine rings is 1. The van der Waals surface area contributed by atoms with Gasteiger partial charge in [-0.1, -0.05) is 30.7 Å². The lowest BCUT2D eigenvalue weighted by Gasteiger charge is -2.30. The maximum absolute atomic E-state index is 4.80. The Hall–Kier alpha value is -1.94. The minimum absolute atomic E-state index is 0.862. The van der Waals surface area contributed by atoms with Crippen molar-refractivity contribution in [3.8, 4) is 11.3 Å². The van der Waals surface area contributed by atoms with E-state index in [1.165, 1.54) is 11.1 Å². The third kappa shape index (κ3) is 3.05. The number of aryl methyl sites for hydroxylation is 2. The molecule has 3 rings (SSSR count). The number of hydrogen-bond donors (Lipinski definition) is 1. The van der Waals surface area contributed by atoms with E-state index in [9.17, 15) is 0 Å². The molecule has 0 aliphatic carbocycles. The van der Waals surface area contributed by atoms with E-state index >= 15 is 0 Å². The highest BCUT2D eigenvalue weighted by atomic mass is 15.2. The molecule has 1 aliphatic heterocycles. The van der Waals surface area contributed by atoms with E-state index in [0.29, 0.717) is 0 Å². The van der Waals surface area contributed by atoms with Crippen LogP contribution in [0.25, 0.3) is 11.3 Å². The summed E-state index contributed by atoms with van der Waals surface area (Å²) in [7, 11) is 0. The van der Waals surface area contributed by atoms with Crippen molar-refractivity contribution in [2.75, 3.05) is 31.1 Å². The molecule has 0 saturated carbocycles. The van der Waals surface area contributed by atoms with E-state index in [4.69, 9.17) is 4.98 Å². The van der Waals surface area contributed by atoms with Crippen molar-refractivity contribution in [3.63, 3.8) is 0 Å². The van der Waals surface area contributed by atoms with Crippen LogP contribution in [-0.2, 0) is 6.42 Å². The summed E-state index contributed by atoms with van der Waals surface area (Å²) in [6.07, 6.45) is 2.86. The summed E-state index contributed by atoms with van der Waals surface area (Å²) in [5, 5.41) is 3.39. The molecule has 1 saturated heterocycles. The van der Waals surface area contributed by atoms with Gasteiger partial charge in [0.1, 0.15) is 5.82 Å². The number of nitrogens with zero attached hydrogens (tertiary/aromatic N) is 3. The van der Waals surface area contributed by atoms with Crippen LogP contribution in [0.4, 0.5) is 5.69 Å². The fourth-order valence-corrected chi connectivity index (χ4v) is 2.72. The summed E-state index contributed by atoms with van der Waals surface area (Å²) in [6, 6.07) is 8.56. The molecule has 1 fully saturated rings. The second-order valence-corrected chi connectivity index (χ2v) is 5.48. The van der Waals surface area contributed by atoms with E-state index < -0.39 is 0 Å². The summed E-state index contributed by atoms with van der Waals surface area (Å²) >= 11 is 0. The van der Waals surface area contributed by atoms with Gasteiger partial charge >= 0.3 is 0 Å². The maximum atomic E-state index is 4.80. The molecule has 0 spiro atoms. The lowest BCUT2D eigenvalue weighted by molar-refractivity contribution is 0.588. The number of hydrogen-bond acceptors (Lipinski definition) is 4. The third-order valence-corrected chi connectivity index (χ3v) is 3.88. The lowest BCUT2D eigenvalue weighted by Crippen LogP contribution is -2.43. The molecule has 0 amide bonds. The average molecular weight is 282 g/mol. The summed E-state index contributed by atoms with van der Waals surface area (Å²) in [5.41, 5.74) is 4.66. The van der Waals surface area contributed by atoms with Gasteiger partial charge in [0.2, 0.25) is 0 Å². The Bertz CT molecular complexity index is 618. The molecule has 0 radical (unpaired) electrons.